The lowest BCUT2D eigenvalue weighted by Crippen LogP contribution is -2.67. The Labute approximate surface area is 377 Å². The molecule has 7 rings (SSSR count). The Morgan fingerprint density at radius 1 is 0.791 bits per heavy atom. The van der Waals surface area contributed by atoms with Gasteiger partial charge in [-0.05, 0) is 49.6 Å². The van der Waals surface area contributed by atoms with Gasteiger partial charge < -0.3 is 85.2 Å². The second kappa shape index (κ2) is 18.4. The second-order valence-corrected chi connectivity index (χ2v) is 16.5. The zero-order valence-corrected chi connectivity index (χ0v) is 35.7. The number of phenolic OH excluding ortho intramolecular Hbond substituents is 3. The number of hydrogen-bond donors (Lipinski definition) is 12. The van der Waals surface area contributed by atoms with Gasteiger partial charge in [0.1, 0.15) is 71.8 Å². The Morgan fingerprint density at radius 2 is 1.40 bits per heavy atom. The number of hydrogen-bond acceptors (Lipinski definition) is 20. The number of aliphatic hydroxyl groups is 5. The summed E-state index contributed by atoms with van der Waals surface area (Å²) in [6, 6.07) is 1.38. The van der Waals surface area contributed by atoms with Crippen molar-refractivity contribution in [2.45, 2.75) is 94.3 Å². The normalized spacial score (nSPS) is 28.1. The monoisotopic (exact) mass is 942 g/mol. The number of aryl methyl sites for hydroxylation is 1. The van der Waals surface area contributed by atoms with E-state index in [-0.39, 0.29) is 22.4 Å². The van der Waals surface area contributed by atoms with E-state index < -0.39 is 185 Å². The molecule has 0 spiro atoms. The van der Waals surface area contributed by atoms with Crippen LogP contribution in [0.4, 0.5) is 0 Å². The van der Waals surface area contributed by atoms with Gasteiger partial charge in [-0.25, -0.2) is 0 Å². The third kappa shape index (κ3) is 8.52. The van der Waals surface area contributed by atoms with Gasteiger partial charge in [-0.1, -0.05) is 6.07 Å². The van der Waals surface area contributed by atoms with Crippen molar-refractivity contribution in [3.63, 3.8) is 0 Å². The number of nitrogens with zero attached hydrogens (tertiary/aromatic N) is 1. The van der Waals surface area contributed by atoms with E-state index in [1.807, 2.05) is 0 Å². The molecule has 0 bridgehead atoms. The number of carboxylic acids is 3. The molecule has 0 aromatic heterocycles. The van der Waals surface area contributed by atoms with Gasteiger partial charge in [0, 0.05) is 28.3 Å². The van der Waals surface area contributed by atoms with Crippen LogP contribution in [0.25, 0.3) is 11.1 Å². The fraction of sp³-hybridized carbons (Fsp3) is 0.442. The maximum atomic E-state index is 14.2. The molecule has 0 radical (unpaired) electrons. The zero-order valence-electron chi connectivity index (χ0n) is 35.7. The molecule has 2 fully saturated rings. The Bertz CT molecular complexity index is 2550. The number of benzene rings is 3. The van der Waals surface area contributed by atoms with Crippen LogP contribution in [0.2, 0.25) is 0 Å². The van der Waals surface area contributed by atoms with Crippen LogP contribution in [0.15, 0.2) is 24.3 Å². The van der Waals surface area contributed by atoms with E-state index in [1.165, 1.54) is 27.0 Å². The quantitative estimate of drug-likeness (QED) is 0.0736. The summed E-state index contributed by atoms with van der Waals surface area (Å²) in [6.07, 6.45) is -18.6. The Balaban J connectivity index is 1.38. The minimum absolute atomic E-state index is 0.0332. The summed E-state index contributed by atoms with van der Waals surface area (Å²) in [5.74, 6) is -10.2. The number of ether oxygens (including phenoxy) is 5. The molecule has 67 heavy (non-hydrogen) atoms. The van der Waals surface area contributed by atoms with Crippen molar-refractivity contribution in [1.29, 1.82) is 0 Å². The van der Waals surface area contributed by atoms with Gasteiger partial charge in [-0.3, -0.25) is 33.7 Å². The molecule has 360 valence electrons. The number of methoxy groups -OCH3 is 1. The smallest absolute Gasteiger partial charge is 0.325 e. The van der Waals surface area contributed by atoms with Gasteiger partial charge in [-0.15, -0.1) is 0 Å². The number of amides is 1. The van der Waals surface area contributed by atoms with E-state index in [4.69, 9.17) is 23.7 Å². The van der Waals surface area contributed by atoms with Crippen LogP contribution in [0.1, 0.15) is 84.9 Å². The largest absolute Gasteiger partial charge is 0.507 e. The molecule has 12 N–H and O–H groups in total. The van der Waals surface area contributed by atoms with Gasteiger partial charge in [0.05, 0.1) is 55.6 Å². The summed E-state index contributed by atoms with van der Waals surface area (Å²) in [5.41, 5.74) is -4.34. The van der Waals surface area contributed by atoms with Crippen molar-refractivity contribution in [3.8, 4) is 34.1 Å². The number of carbonyl (C=O) groups is 6. The number of nitrogens with one attached hydrogen (secondary N) is 1. The molecule has 0 saturated carbocycles. The van der Waals surface area contributed by atoms with Crippen molar-refractivity contribution in [2.75, 3.05) is 26.8 Å². The molecule has 3 aromatic rings. The van der Waals surface area contributed by atoms with Crippen LogP contribution in [0.3, 0.4) is 0 Å². The first-order valence-corrected chi connectivity index (χ1v) is 20.4. The fourth-order valence-electron chi connectivity index (χ4n) is 9.00. The summed E-state index contributed by atoms with van der Waals surface area (Å²) in [7, 11) is 1.23. The van der Waals surface area contributed by atoms with Gasteiger partial charge in [0.2, 0.25) is 0 Å². The van der Waals surface area contributed by atoms with E-state index >= 15 is 0 Å². The van der Waals surface area contributed by atoms with E-state index in [0.29, 0.717) is 0 Å². The second-order valence-electron chi connectivity index (χ2n) is 16.5. The molecule has 3 aromatic carbocycles. The maximum absolute atomic E-state index is 14.2. The molecule has 2 heterocycles. The minimum atomic E-state index is -2.16. The highest BCUT2D eigenvalue weighted by molar-refractivity contribution is 6.31. The maximum Gasteiger partial charge on any atom is 0.325 e. The lowest BCUT2D eigenvalue weighted by molar-refractivity contribution is -0.346. The van der Waals surface area contributed by atoms with E-state index in [2.05, 4.69) is 5.32 Å². The Morgan fingerprint density at radius 3 is 2.01 bits per heavy atom. The number of carboxylic acid groups (broad SMARTS) is 3. The zero-order chi connectivity index (χ0) is 49.2. The highest BCUT2D eigenvalue weighted by Gasteiger charge is 2.53. The molecular weight excluding hydrogens is 896 g/mol. The molecule has 10 unspecified atom stereocenters. The first-order chi connectivity index (χ1) is 31.5. The number of rotatable bonds is 13. The van der Waals surface area contributed by atoms with Gasteiger partial charge >= 0.3 is 17.9 Å². The molecule has 4 aliphatic rings. The summed E-state index contributed by atoms with van der Waals surface area (Å²) in [4.78, 5) is 78.4. The number of aliphatic carboxylic acids is 3. The Kier molecular flexibility index (Phi) is 13.3. The van der Waals surface area contributed by atoms with Gasteiger partial charge in [0.15, 0.2) is 24.1 Å². The van der Waals surface area contributed by atoms with E-state index in [9.17, 15) is 84.9 Å². The van der Waals surface area contributed by atoms with E-state index in [0.717, 1.165) is 30.0 Å². The van der Waals surface area contributed by atoms with Gasteiger partial charge in [-0.2, -0.15) is 0 Å². The third-order valence-corrected chi connectivity index (χ3v) is 12.1. The minimum Gasteiger partial charge on any atom is -0.507 e. The summed E-state index contributed by atoms with van der Waals surface area (Å²) < 4.78 is 28.8. The summed E-state index contributed by atoms with van der Waals surface area (Å²) in [6.45, 7) is 1.24. The Hall–Kier alpha value is -6.32. The topological polar surface area (TPSA) is 386 Å². The number of ketones is 2. The predicted molar refractivity (Wildman–Crippen MR) is 218 cm³/mol. The van der Waals surface area contributed by atoms with Crippen LogP contribution in [0, 0.1) is 6.92 Å². The lowest BCUT2D eigenvalue weighted by Gasteiger charge is -2.49. The number of carbonyl (C=O) groups excluding carboxylic acids is 3. The first kappa shape index (κ1) is 48.6. The highest BCUT2D eigenvalue weighted by atomic mass is 16.7. The van der Waals surface area contributed by atoms with Crippen molar-refractivity contribution in [3.05, 3.63) is 68.8 Å². The summed E-state index contributed by atoms with van der Waals surface area (Å²) >= 11 is 0. The highest BCUT2D eigenvalue weighted by Crippen LogP contribution is 2.57. The average Bonchev–Trinajstić information content (AvgIpc) is 3.24. The molecule has 2 aliphatic carbocycles. The van der Waals surface area contributed by atoms with Crippen molar-refractivity contribution >= 4 is 35.4 Å². The number of aromatic hydroxyl groups is 3. The number of fused-ring (bicyclic) bond motifs is 5. The molecule has 24 heteroatoms. The number of aliphatic hydroxyl groups excluding tert-OH is 5. The molecule has 2 saturated heterocycles. The van der Waals surface area contributed by atoms with Crippen LogP contribution in [0.5, 0.6) is 23.0 Å². The predicted octanol–water partition coefficient (Wildman–Crippen LogP) is -1.36. The number of phenols is 3. The average molecular weight is 943 g/mol. The molecule has 1 amide bonds. The lowest BCUT2D eigenvalue weighted by atomic mass is 9.74. The van der Waals surface area contributed by atoms with Gasteiger partial charge in [0.25, 0.3) is 5.91 Å². The summed E-state index contributed by atoms with van der Waals surface area (Å²) in [5, 5.41) is 122. The molecule has 12 atom stereocenters. The SMILES string of the molecule is COc1cc(O)c2c(c1)C(=O)c1c(cc3c(c1O)-c1c(cc(C)c(C(=O)NC(C)C(=O)O)c1O)[C@H](OC1OC(C)C(N(CC(=O)O)CC(=O)O)C(OC4OCC(O)C(O)C4O)C1O)[C@H]3O)C2=O. The van der Waals surface area contributed by atoms with Crippen LogP contribution >= 0.6 is 0 Å². The van der Waals surface area contributed by atoms with Crippen molar-refractivity contribution in [2.24, 2.45) is 0 Å². The van der Waals surface area contributed by atoms with Crippen LogP contribution in [-0.4, -0.2) is 185 Å². The first-order valence-electron chi connectivity index (χ1n) is 20.4. The molecule has 24 nitrogen and oxygen atoms in total. The van der Waals surface area contributed by atoms with Crippen LogP contribution < -0.4 is 10.1 Å². The molecular formula is C43H46N2O22. The molecule has 2 aliphatic heterocycles. The standard InChI is InChI=1S/C43H46N2O22/c1-12-5-19-27(34(56)24(12)40(60)44-13(2)41(61)62)26-17(8-18-28(35(26)57)31(53)16-6-15(63-4)7-20(46)25(16)30(18)52)32(54)38(19)66-43-37(59)39(67-42-36(58)33(55)21(47)11-64-42)29(14(3)65-43)45(9-22(48)49)10-23(50)51/h5-8,13-14,21,29,32-33,36-39,42-43,46-47,54-59H,9-11H2,1-4H3,(H,44,60)(H,48,49)(H,50,51)(H,61,62)/t13?,14?,21?,29?,32-,33?,36?,37?,38-,39?,42?,43?/m0/s1. The fourth-order valence-corrected chi connectivity index (χ4v) is 9.00. The third-order valence-electron chi connectivity index (χ3n) is 12.1. The van der Waals surface area contributed by atoms with Crippen molar-refractivity contribution < 1.29 is 109 Å². The van der Waals surface area contributed by atoms with E-state index in [1.54, 1.807) is 0 Å². The van der Waals surface area contributed by atoms with Crippen molar-refractivity contribution in [1.82, 2.24) is 10.2 Å². The van der Waals surface area contributed by atoms with Crippen LogP contribution in [-0.2, 0) is 33.3 Å².